The first-order valence-corrected chi connectivity index (χ1v) is 4.61. The SMILES string of the molecule is C#CC(CC)Nc1ccc(C(F)(F)F)nn1. The Morgan fingerprint density at radius 1 is 1.44 bits per heavy atom. The Hall–Kier alpha value is -1.77. The fourth-order valence-corrected chi connectivity index (χ4v) is 1.00. The van der Waals surface area contributed by atoms with E-state index in [2.05, 4.69) is 21.4 Å². The third-order valence-electron chi connectivity index (χ3n) is 1.89. The zero-order valence-corrected chi connectivity index (χ0v) is 8.54. The van der Waals surface area contributed by atoms with Gasteiger partial charge in [0.05, 0.1) is 6.04 Å². The number of hydrogen-bond donors (Lipinski definition) is 1. The largest absolute Gasteiger partial charge is 0.435 e. The summed E-state index contributed by atoms with van der Waals surface area (Å²) in [6, 6.07) is 1.81. The molecule has 86 valence electrons. The lowest BCUT2D eigenvalue weighted by molar-refractivity contribution is -0.141. The van der Waals surface area contributed by atoms with Crippen molar-refractivity contribution in [2.24, 2.45) is 0 Å². The monoisotopic (exact) mass is 229 g/mol. The van der Waals surface area contributed by atoms with Crippen molar-refractivity contribution in [3.05, 3.63) is 17.8 Å². The molecule has 3 nitrogen and oxygen atoms in total. The van der Waals surface area contributed by atoms with Gasteiger partial charge in [-0.1, -0.05) is 12.8 Å². The van der Waals surface area contributed by atoms with Crippen LogP contribution in [0.4, 0.5) is 19.0 Å². The second-order valence-electron chi connectivity index (χ2n) is 3.07. The Morgan fingerprint density at radius 2 is 2.12 bits per heavy atom. The van der Waals surface area contributed by atoms with E-state index in [1.54, 1.807) is 0 Å². The number of nitrogens with zero attached hydrogens (tertiary/aromatic N) is 2. The van der Waals surface area contributed by atoms with Crippen LogP contribution < -0.4 is 5.32 Å². The van der Waals surface area contributed by atoms with Crippen molar-refractivity contribution in [2.75, 3.05) is 5.32 Å². The molecule has 0 saturated heterocycles. The molecule has 1 aromatic rings. The van der Waals surface area contributed by atoms with Crippen molar-refractivity contribution in [2.45, 2.75) is 25.6 Å². The molecule has 0 amide bonds. The van der Waals surface area contributed by atoms with E-state index in [9.17, 15) is 13.2 Å². The van der Waals surface area contributed by atoms with Crippen molar-refractivity contribution in [1.82, 2.24) is 10.2 Å². The van der Waals surface area contributed by atoms with Crippen LogP contribution in [0.1, 0.15) is 19.0 Å². The minimum Gasteiger partial charge on any atom is -0.355 e. The van der Waals surface area contributed by atoms with E-state index >= 15 is 0 Å². The molecule has 0 spiro atoms. The number of rotatable bonds is 3. The molecule has 1 heterocycles. The van der Waals surface area contributed by atoms with Gasteiger partial charge >= 0.3 is 6.18 Å². The Kier molecular flexibility index (Phi) is 3.72. The summed E-state index contributed by atoms with van der Waals surface area (Å²) in [5.74, 6) is 2.68. The number of nitrogens with one attached hydrogen (secondary N) is 1. The first-order valence-electron chi connectivity index (χ1n) is 4.61. The molecule has 0 aromatic carbocycles. The van der Waals surface area contributed by atoms with Crippen LogP contribution in [0, 0.1) is 12.3 Å². The van der Waals surface area contributed by atoms with E-state index in [-0.39, 0.29) is 11.9 Å². The summed E-state index contributed by atoms with van der Waals surface area (Å²) in [5.41, 5.74) is -1.02. The predicted molar refractivity (Wildman–Crippen MR) is 53.6 cm³/mol. The van der Waals surface area contributed by atoms with Crippen LogP contribution in [0.3, 0.4) is 0 Å². The molecule has 1 atom stereocenters. The topological polar surface area (TPSA) is 37.8 Å². The number of anilines is 1. The molecule has 0 fully saturated rings. The maximum atomic E-state index is 12.2. The molecule has 16 heavy (non-hydrogen) atoms. The molecule has 1 aromatic heterocycles. The van der Waals surface area contributed by atoms with Gasteiger partial charge in [-0.2, -0.15) is 13.2 Å². The third kappa shape index (κ3) is 3.12. The average Bonchev–Trinajstić information content (AvgIpc) is 2.25. The highest BCUT2D eigenvalue weighted by atomic mass is 19.4. The highest BCUT2D eigenvalue weighted by Crippen LogP contribution is 2.27. The van der Waals surface area contributed by atoms with Crippen molar-refractivity contribution in [3.63, 3.8) is 0 Å². The minimum absolute atomic E-state index is 0.234. The summed E-state index contributed by atoms with van der Waals surface area (Å²) in [5, 5.41) is 9.25. The molecule has 0 aliphatic heterocycles. The van der Waals surface area contributed by atoms with Crippen LogP contribution in [0.5, 0.6) is 0 Å². The second kappa shape index (κ2) is 4.84. The summed E-state index contributed by atoms with van der Waals surface area (Å²) < 4.78 is 36.5. The van der Waals surface area contributed by atoms with Crippen LogP contribution in [0.25, 0.3) is 0 Å². The van der Waals surface area contributed by atoms with Gasteiger partial charge in [-0.05, 0) is 18.6 Å². The molecule has 1 rings (SSSR count). The summed E-state index contributed by atoms with van der Waals surface area (Å²) in [6.07, 6.45) is 1.37. The maximum Gasteiger partial charge on any atom is 0.435 e. The quantitative estimate of drug-likeness (QED) is 0.808. The molecule has 0 aliphatic rings. The van der Waals surface area contributed by atoms with Gasteiger partial charge in [0.25, 0.3) is 0 Å². The van der Waals surface area contributed by atoms with E-state index in [4.69, 9.17) is 6.42 Å². The Morgan fingerprint density at radius 3 is 2.50 bits per heavy atom. The smallest absolute Gasteiger partial charge is 0.355 e. The zero-order chi connectivity index (χ0) is 12.2. The van der Waals surface area contributed by atoms with E-state index in [1.807, 2.05) is 6.92 Å². The average molecular weight is 229 g/mol. The lowest BCUT2D eigenvalue weighted by atomic mass is 10.2. The molecular weight excluding hydrogens is 219 g/mol. The van der Waals surface area contributed by atoms with E-state index in [1.165, 1.54) is 6.07 Å². The second-order valence-corrected chi connectivity index (χ2v) is 3.07. The van der Waals surface area contributed by atoms with Crippen LogP contribution in [-0.4, -0.2) is 16.2 Å². The minimum atomic E-state index is -4.47. The van der Waals surface area contributed by atoms with Gasteiger partial charge in [0.1, 0.15) is 5.82 Å². The molecular formula is C10H10F3N3. The molecule has 1 unspecified atom stereocenters. The highest BCUT2D eigenvalue weighted by Gasteiger charge is 2.32. The molecule has 6 heteroatoms. The summed E-state index contributed by atoms with van der Waals surface area (Å²) in [7, 11) is 0. The van der Waals surface area contributed by atoms with Crippen LogP contribution >= 0.6 is 0 Å². The molecule has 0 radical (unpaired) electrons. The van der Waals surface area contributed by atoms with Gasteiger partial charge in [-0.25, -0.2) is 0 Å². The van der Waals surface area contributed by atoms with Gasteiger partial charge in [-0.15, -0.1) is 16.6 Å². The number of aromatic nitrogens is 2. The summed E-state index contributed by atoms with van der Waals surface area (Å²) in [6.45, 7) is 1.86. The van der Waals surface area contributed by atoms with Gasteiger partial charge < -0.3 is 5.32 Å². The van der Waals surface area contributed by atoms with Crippen molar-refractivity contribution < 1.29 is 13.2 Å². The first-order chi connectivity index (χ1) is 7.47. The van der Waals surface area contributed by atoms with Crippen molar-refractivity contribution >= 4 is 5.82 Å². The van der Waals surface area contributed by atoms with Crippen LogP contribution in [-0.2, 0) is 6.18 Å². The fourth-order valence-electron chi connectivity index (χ4n) is 1.00. The number of alkyl halides is 3. The predicted octanol–water partition coefficient (Wildman–Crippen LogP) is 2.32. The number of halogens is 3. The van der Waals surface area contributed by atoms with E-state index < -0.39 is 11.9 Å². The van der Waals surface area contributed by atoms with Gasteiger partial charge in [-0.3, -0.25) is 0 Å². The normalized spacial score (nSPS) is 12.9. The fraction of sp³-hybridized carbons (Fsp3) is 0.400. The van der Waals surface area contributed by atoms with Crippen molar-refractivity contribution in [1.29, 1.82) is 0 Å². The van der Waals surface area contributed by atoms with E-state index in [0.717, 1.165) is 6.07 Å². The van der Waals surface area contributed by atoms with Gasteiger partial charge in [0.2, 0.25) is 0 Å². The number of hydrogen-bond acceptors (Lipinski definition) is 3. The molecule has 0 saturated carbocycles. The Labute approximate surface area is 91.1 Å². The summed E-state index contributed by atoms with van der Waals surface area (Å²) in [4.78, 5) is 0. The van der Waals surface area contributed by atoms with Gasteiger partial charge in [0.15, 0.2) is 5.69 Å². The van der Waals surface area contributed by atoms with Crippen molar-refractivity contribution in [3.8, 4) is 12.3 Å². The Balaban J connectivity index is 2.77. The maximum absolute atomic E-state index is 12.2. The van der Waals surface area contributed by atoms with Gasteiger partial charge in [0, 0.05) is 0 Å². The zero-order valence-electron chi connectivity index (χ0n) is 8.54. The lowest BCUT2D eigenvalue weighted by Gasteiger charge is -2.11. The molecule has 0 bridgehead atoms. The standard InChI is InChI=1S/C10H10F3N3/c1-3-7(4-2)14-9-6-5-8(15-16-9)10(11,12)13/h1,5-7H,4H2,2H3,(H,14,16). The highest BCUT2D eigenvalue weighted by molar-refractivity contribution is 5.37. The van der Waals surface area contributed by atoms with Crippen LogP contribution in [0.2, 0.25) is 0 Å². The Bertz CT molecular complexity index is 378. The first kappa shape index (κ1) is 12.3. The molecule has 1 N–H and O–H groups in total. The van der Waals surface area contributed by atoms with E-state index in [0.29, 0.717) is 6.42 Å². The van der Waals surface area contributed by atoms with Crippen LogP contribution in [0.15, 0.2) is 12.1 Å². The lowest BCUT2D eigenvalue weighted by Crippen LogP contribution is -2.18. The third-order valence-corrected chi connectivity index (χ3v) is 1.89. The number of terminal acetylenes is 1. The summed E-state index contributed by atoms with van der Waals surface area (Å²) >= 11 is 0. The molecule has 0 aliphatic carbocycles.